The topological polar surface area (TPSA) is 74.5 Å². The lowest BCUT2D eigenvalue weighted by molar-refractivity contribution is 0.0949. The highest BCUT2D eigenvalue weighted by Gasteiger charge is 2.12. The molecule has 0 aliphatic rings. The summed E-state index contributed by atoms with van der Waals surface area (Å²) >= 11 is 8.09. The molecular formula is C12H9BrN2O3S. The Hall–Kier alpha value is -1.86. The molecule has 3 N–H and O–H groups in total. The number of hydrogen-bond acceptors (Lipinski definition) is 4. The molecule has 1 aromatic carbocycles. The van der Waals surface area contributed by atoms with E-state index >= 15 is 0 Å². The molecule has 1 heterocycles. The van der Waals surface area contributed by atoms with Crippen LogP contribution in [0.4, 0.5) is 5.69 Å². The highest BCUT2D eigenvalue weighted by atomic mass is 79.9. The van der Waals surface area contributed by atoms with E-state index in [4.69, 9.17) is 16.6 Å². The van der Waals surface area contributed by atoms with E-state index in [0.29, 0.717) is 10.4 Å². The first-order chi connectivity index (χ1) is 9.04. The molecule has 19 heavy (non-hydrogen) atoms. The molecule has 2 rings (SSSR count). The SMILES string of the molecule is O=C(NC(=S)Nc1cccc(O)c1)c1ccc(Br)o1. The zero-order valence-electron chi connectivity index (χ0n) is 9.51. The van der Waals surface area contributed by atoms with Crippen molar-refractivity contribution in [2.24, 2.45) is 0 Å². The lowest BCUT2D eigenvalue weighted by Gasteiger charge is -2.08. The molecule has 1 amide bonds. The number of carbonyl (C=O) groups is 1. The number of anilines is 1. The van der Waals surface area contributed by atoms with E-state index in [0.717, 1.165) is 0 Å². The molecule has 2 aromatic rings. The van der Waals surface area contributed by atoms with Crippen LogP contribution in [-0.2, 0) is 0 Å². The zero-order chi connectivity index (χ0) is 13.8. The number of nitrogens with one attached hydrogen (secondary N) is 2. The molecule has 0 atom stereocenters. The average Bonchev–Trinajstić information content (AvgIpc) is 2.75. The number of thiocarbonyl (C=S) groups is 1. The van der Waals surface area contributed by atoms with Crippen molar-refractivity contribution in [3.05, 3.63) is 46.8 Å². The largest absolute Gasteiger partial charge is 0.508 e. The van der Waals surface area contributed by atoms with E-state index in [1.807, 2.05) is 0 Å². The number of rotatable bonds is 2. The van der Waals surface area contributed by atoms with Gasteiger partial charge in [0.05, 0.1) is 0 Å². The molecule has 0 saturated carbocycles. The van der Waals surface area contributed by atoms with Crippen LogP contribution in [0.25, 0.3) is 0 Å². The van der Waals surface area contributed by atoms with Crippen LogP contribution >= 0.6 is 28.1 Å². The van der Waals surface area contributed by atoms with E-state index < -0.39 is 5.91 Å². The van der Waals surface area contributed by atoms with Crippen molar-refractivity contribution in [3.63, 3.8) is 0 Å². The van der Waals surface area contributed by atoms with Gasteiger partial charge in [-0.25, -0.2) is 0 Å². The summed E-state index contributed by atoms with van der Waals surface area (Å²) < 4.78 is 5.56. The normalized spacial score (nSPS) is 9.95. The van der Waals surface area contributed by atoms with Gasteiger partial charge >= 0.3 is 0 Å². The van der Waals surface area contributed by atoms with E-state index in [9.17, 15) is 9.90 Å². The van der Waals surface area contributed by atoms with Crippen LogP contribution in [-0.4, -0.2) is 16.1 Å². The van der Waals surface area contributed by atoms with E-state index in [1.165, 1.54) is 18.2 Å². The van der Waals surface area contributed by atoms with Gasteiger partial charge in [-0.05, 0) is 52.4 Å². The van der Waals surface area contributed by atoms with Gasteiger partial charge in [-0.2, -0.15) is 0 Å². The molecule has 1 aromatic heterocycles. The van der Waals surface area contributed by atoms with Gasteiger partial charge in [-0.1, -0.05) is 6.07 Å². The zero-order valence-corrected chi connectivity index (χ0v) is 11.9. The van der Waals surface area contributed by atoms with Crippen molar-refractivity contribution >= 4 is 44.9 Å². The number of carbonyl (C=O) groups excluding carboxylic acids is 1. The lowest BCUT2D eigenvalue weighted by Crippen LogP contribution is -2.33. The second-order valence-corrected chi connectivity index (χ2v) is 4.75. The average molecular weight is 341 g/mol. The first-order valence-electron chi connectivity index (χ1n) is 5.21. The molecule has 98 valence electrons. The number of aromatic hydroxyl groups is 1. The van der Waals surface area contributed by atoms with Gasteiger partial charge in [-0.3, -0.25) is 10.1 Å². The van der Waals surface area contributed by atoms with Gasteiger partial charge in [0, 0.05) is 11.8 Å². The van der Waals surface area contributed by atoms with Crippen molar-refractivity contribution in [1.82, 2.24) is 5.32 Å². The van der Waals surface area contributed by atoms with Gasteiger partial charge < -0.3 is 14.8 Å². The minimum Gasteiger partial charge on any atom is -0.508 e. The Morgan fingerprint density at radius 2 is 2.11 bits per heavy atom. The Balaban J connectivity index is 1.96. The Morgan fingerprint density at radius 3 is 2.74 bits per heavy atom. The molecule has 0 saturated heterocycles. The minimum absolute atomic E-state index is 0.106. The number of halogens is 1. The number of phenolic OH excluding ortho intramolecular Hbond substituents is 1. The van der Waals surface area contributed by atoms with Gasteiger partial charge in [0.25, 0.3) is 5.91 Å². The smallest absolute Gasteiger partial charge is 0.293 e. The summed E-state index contributed by atoms with van der Waals surface area (Å²) in [4.78, 5) is 11.7. The highest BCUT2D eigenvalue weighted by Crippen LogP contribution is 2.16. The highest BCUT2D eigenvalue weighted by molar-refractivity contribution is 9.10. The first-order valence-corrected chi connectivity index (χ1v) is 6.41. The molecule has 0 unspecified atom stereocenters. The number of benzene rings is 1. The Labute approximate surface area is 122 Å². The van der Waals surface area contributed by atoms with Crippen molar-refractivity contribution in [1.29, 1.82) is 0 Å². The maximum absolute atomic E-state index is 11.7. The van der Waals surface area contributed by atoms with Crippen LogP contribution in [0.15, 0.2) is 45.5 Å². The van der Waals surface area contributed by atoms with Crippen LogP contribution in [0.2, 0.25) is 0 Å². The molecule has 5 nitrogen and oxygen atoms in total. The summed E-state index contributed by atoms with van der Waals surface area (Å²) in [5.41, 5.74) is 0.575. The Bertz CT molecular complexity index is 627. The first kappa shape index (κ1) is 13.6. The van der Waals surface area contributed by atoms with E-state index in [1.54, 1.807) is 18.2 Å². The second-order valence-electron chi connectivity index (χ2n) is 3.56. The molecule has 0 aliphatic carbocycles. The van der Waals surface area contributed by atoms with Gasteiger partial charge in [0.15, 0.2) is 15.5 Å². The summed E-state index contributed by atoms with van der Waals surface area (Å²) in [6.07, 6.45) is 0. The fourth-order valence-electron chi connectivity index (χ4n) is 1.35. The number of amides is 1. The predicted molar refractivity (Wildman–Crippen MR) is 78.2 cm³/mol. The minimum atomic E-state index is -0.455. The second kappa shape index (κ2) is 5.85. The van der Waals surface area contributed by atoms with Crippen molar-refractivity contribution in [3.8, 4) is 5.75 Å². The van der Waals surface area contributed by atoms with Gasteiger partial charge in [0.2, 0.25) is 0 Å². The van der Waals surface area contributed by atoms with Crippen molar-refractivity contribution in [2.45, 2.75) is 0 Å². The lowest BCUT2D eigenvalue weighted by atomic mass is 10.3. The molecule has 0 aliphatic heterocycles. The standard InChI is InChI=1S/C12H9BrN2O3S/c13-10-5-4-9(18-10)11(17)15-12(19)14-7-2-1-3-8(16)6-7/h1-6,16H,(H2,14,15,17,19). The third-order valence-electron chi connectivity index (χ3n) is 2.13. The van der Waals surface area contributed by atoms with Crippen LogP contribution < -0.4 is 10.6 Å². The van der Waals surface area contributed by atoms with Crippen LogP contribution in [0.1, 0.15) is 10.6 Å². The number of furan rings is 1. The quantitative estimate of drug-likeness (QED) is 0.733. The summed E-state index contributed by atoms with van der Waals surface area (Å²) in [5, 5.41) is 14.7. The van der Waals surface area contributed by atoms with Crippen LogP contribution in [0, 0.1) is 0 Å². The van der Waals surface area contributed by atoms with Crippen molar-refractivity contribution < 1.29 is 14.3 Å². The monoisotopic (exact) mass is 340 g/mol. The number of hydrogen-bond donors (Lipinski definition) is 3. The van der Waals surface area contributed by atoms with Crippen molar-refractivity contribution in [2.75, 3.05) is 5.32 Å². The molecule has 0 spiro atoms. The molecule has 0 radical (unpaired) electrons. The maximum atomic E-state index is 11.7. The van der Waals surface area contributed by atoms with Gasteiger partial charge in [-0.15, -0.1) is 0 Å². The third kappa shape index (κ3) is 3.80. The van der Waals surface area contributed by atoms with Gasteiger partial charge in [0.1, 0.15) is 5.75 Å². The third-order valence-corrected chi connectivity index (χ3v) is 2.76. The van der Waals surface area contributed by atoms with Crippen LogP contribution in [0.3, 0.4) is 0 Å². The fraction of sp³-hybridized carbons (Fsp3) is 0. The fourth-order valence-corrected chi connectivity index (χ4v) is 1.86. The molecule has 7 heteroatoms. The molecular weight excluding hydrogens is 332 g/mol. The van der Waals surface area contributed by atoms with E-state index in [-0.39, 0.29) is 16.6 Å². The van der Waals surface area contributed by atoms with E-state index in [2.05, 4.69) is 26.6 Å². The summed E-state index contributed by atoms with van der Waals surface area (Å²) in [6, 6.07) is 9.53. The summed E-state index contributed by atoms with van der Waals surface area (Å²) in [7, 11) is 0. The Kier molecular flexibility index (Phi) is 4.18. The number of phenols is 1. The summed E-state index contributed by atoms with van der Waals surface area (Å²) in [5.74, 6) is -0.204. The maximum Gasteiger partial charge on any atom is 0.293 e. The Morgan fingerprint density at radius 1 is 1.32 bits per heavy atom. The predicted octanol–water partition coefficient (Wildman–Crippen LogP) is 2.87. The molecule has 0 bridgehead atoms. The summed E-state index contributed by atoms with van der Waals surface area (Å²) in [6.45, 7) is 0. The van der Waals surface area contributed by atoms with Crippen LogP contribution in [0.5, 0.6) is 5.75 Å². The molecule has 0 fully saturated rings.